The summed E-state index contributed by atoms with van der Waals surface area (Å²) in [5, 5.41) is 6.26. The monoisotopic (exact) mass is 518 g/mol. The third-order valence-electron chi connectivity index (χ3n) is 4.96. The Morgan fingerprint density at radius 2 is 1.79 bits per heavy atom. The van der Waals surface area contributed by atoms with Crippen LogP contribution >= 0.6 is 24.0 Å². The van der Waals surface area contributed by atoms with Crippen molar-refractivity contribution in [3.05, 3.63) is 75.8 Å². The number of carbonyl (C=O) groups excluding carboxylic acids is 1. The number of sulfonamides is 1. The molecule has 0 radical (unpaired) electrons. The van der Waals surface area contributed by atoms with Crippen LogP contribution in [0.3, 0.4) is 0 Å². The number of amides is 2. The van der Waals surface area contributed by atoms with Crippen LogP contribution in [-0.2, 0) is 10.0 Å². The molecule has 12 heteroatoms. The zero-order chi connectivity index (χ0) is 24.6. The zero-order valence-corrected chi connectivity index (χ0v) is 20.4. The fourth-order valence-electron chi connectivity index (χ4n) is 3.32. The lowest BCUT2D eigenvalue weighted by Gasteiger charge is -2.13. The van der Waals surface area contributed by atoms with E-state index >= 15 is 0 Å². The molecule has 0 fully saturated rings. The van der Waals surface area contributed by atoms with E-state index in [9.17, 15) is 22.4 Å². The van der Waals surface area contributed by atoms with E-state index < -0.39 is 27.4 Å². The fourth-order valence-corrected chi connectivity index (χ4v) is 5.81. The zero-order valence-electron chi connectivity index (χ0n) is 17.9. The van der Waals surface area contributed by atoms with Gasteiger partial charge in [0.25, 0.3) is 15.6 Å². The normalized spacial score (nSPS) is 11.4. The van der Waals surface area contributed by atoms with Crippen molar-refractivity contribution in [2.24, 2.45) is 0 Å². The van der Waals surface area contributed by atoms with Gasteiger partial charge in [-0.15, -0.1) is 24.0 Å². The smallest absolute Gasteiger partial charge is 0.333 e. The predicted molar refractivity (Wildman–Crippen MR) is 135 cm³/mol. The van der Waals surface area contributed by atoms with E-state index in [1.165, 1.54) is 24.4 Å². The summed E-state index contributed by atoms with van der Waals surface area (Å²) in [5.41, 5.74) is 0.323. The van der Waals surface area contributed by atoms with Crippen LogP contribution in [0, 0.1) is 12.7 Å². The van der Waals surface area contributed by atoms with Crippen LogP contribution in [0.1, 0.15) is 4.88 Å². The highest BCUT2D eigenvalue weighted by atomic mass is 32.2. The first-order valence-electron chi connectivity index (χ1n) is 9.85. The molecule has 2 aromatic heterocycles. The molecule has 34 heavy (non-hydrogen) atoms. The van der Waals surface area contributed by atoms with Crippen LogP contribution in [0.25, 0.3) is 16.5 Å². The minimum Gasteiger partial charge on any atom is -0.388 e. The summed E-state index contributed by atoms with van der Waals surface area (Å²) in [6.45, 7) is 1.74. The molecule has 0 atom stereocenters. The van der Waals surface area contributed by atoms with Crippen LogP contribution in [-0.4, -0.2) is 26.1 Å². The average molecular weight is 519 g/mol. The second kappa shape index (κ2) is 9.12. The maximum absolute atomic E-state index is 14.9. The highest BCUT2D eigenvalue weighted by molar-refractivity contribution is 7.92. The summed E-state index contributed by atoms with van der Waals surface area (Å²) < 4.78 is 42.5. The number of hydrogen-bond donors (Lipinski definition) is 4. The minimum absolute atomic E-state index is 0.00917. The van der Waals surface area contributed by atoms with Crippen LogP contribution in [0.2, 0.25) is 0 Å². The number of benzene rings is 2. The first-order valence-corrected chi connectivity index (χ1v) is 12.6. The summed E-state index contributed by atoms with van der Waals surface area (Å²) >= 11 is 5.46. The van der Waals surface area contributed by atoms with Gasteiger partial charge in [0.05, 0.1) is 5.69 Å². The quantitative estimate of drug-likeness (QED) is 0.294. The molecule has 0 aliphatic heterocycles. The topological polar surface area (TPSA) is 109 Å². The molecule has 2 aromatic carbocycles. The van der Waals surface area contributed by atoms with Crippen molar-refractivity contribution < 1.29 is 17.6 Å². The van der Waals surface area contributed by atoms with Crippen molar-refractivity contribution in [2.75, 3.05) is 17.7 Å². The first-order chi connectivity index (χ1) is 16.1. The Hall–Kier alpha value is -3.35. The first kappa shape index (κ1) is 23.8. The molecule has 0 bridgehead atoms. The number of carbonyl (C=O) groups is 1. The van der Waals surface area contributed by atoms with Crippen molar-refractivity contribution in [1.29, 1.82) is 0 Å². The maximum atomic E-state index is 14.9. The van der Waals surface area contributed by atoms with Crippen LogP contribution in [0.15, 0.2) is 68.6 Å². The third-order valence-corrected chi connectivity index (χ3v) is 8.14. The maximum Gasteiger partial charge on any atom is 0.333 e. The molecular weight excluding hydrogens is 499 g/mol. The highest BCUT2D eigenvalue weighted by Crippen LogP contribution is 2.25. The third kappa shape index (κ3) is 4.65. The Morgan fingerprint density at radius 3 is 2.44 bits per heavy atom. The number of nitrogens with one attached hydrogen (secondary N) is 3. The van der Waals surface area contributed by atoms with Gasteiger partial charge in [0.15, 0.2) is 0 Å². The fraction of sp³-hybridized carbons (Fsp3) is 0.0909. The summed E-state index contributed by atoms with van der Waals surface area (Å²) in [6.07, 6.45) is 1.42. The van der Waals surface area contributed by atoms with Crippen molar-refractivity contribution >= 4 is 62.2 Å². The molecule has 2 heterocycles. The second-order valence-electron chi connectivity index (χ2n) is 7.29. The molecule has 8 nitrogen and oxygen atoms in total. The molecule has 0 aliphatic rings. The number of nitrogens with zero attached hydrogens (tertiary/aromatic N) is 1. The number of pyridine rings is 1. The van der Waals surface area contributed by atoms with Gasteiger partial charge < -0.3 is 10.6 Å². The van der Waals surface area contributed by atoms with E-state index in [1.54, 1.807) is 38.2 Å². The Labute approximate surface area is 203 Å². The van der Waals surface area contributed by atoms with Gasteiger partial charge in [-0.3, -0.25) is 9.36 Å². The number of halogens is 1. The predicted octanol–water partition coefficient (Wildman–Crippen LogP) is 4.34. The average Bonchev–Trinajstić information content (AvgIpc) is 3.23. The van der Waals surface area contributed by atoms with Crippen LogP contribution in [0.4, 0.5) is 20.6 Å². The van der Waals surface area contributed by atoms with Crippen molar-refractivity contribution in [3.8, 4) is 5.69 Å². The van der Waals surface area contributed by atoms with Crippen LogP contribution < -0.4 is 20.9 Å². The number of urea groups is 1. The number of thiophene rings is 1. The van der Waals surface area contributed by atoms with E-state index in [0.717, 1.165) is 32.5 Å². The SMILES string of the molecule is CNc1ccc2c(=O)n(-c3ccc(NC(=O)NS(=O)(=O)c4ccc(C)s4)cc3F)cc(S)c2c1. The molecular formula is C22H19FN4O4S3. The molecule has 4 aromatic rings. The van der Waals surface area contributed by atoms with Crippen molar-refractivity contribution in [2.45, 2.75) is 16.0 Å². The largest absolute Gasteiger partial charge is 0.388 e. The molecule has 0 unspecified atom stereocenters. The molecule has 4 rings (SSSR count). The van der Waals surface area contributed by atoms with E-state index in [1.807, 2.05) is 4.72 Å². The molecule has 0 aliphatic carbocycles. The minimum atomic E-state index is -4.05. The van der Waals surface area contributed by atoms with Crippen molar-refractivity contribution in [3.63, 3.8) is 0 Å². The number of rotatable bonds is 5. The molecule has 0 saturated heterocycles. The van der Waals surface area contributed by atoms with E-state index in [0.29, 0.717) is 15.7 Å². The number of anilines is 2. The Bertz CT molecular complexity index is 1600. The number of fused-ring (bicyclic) bond motifs is 1. The van der Waals surface area contributed by atoms with E-state index in [2.05, 4.69) is 23.3 Å². The van der Waals surface area contributed by atoms with Gasteiger partial charge in [-0.1, -0.05) is 0 Å². The standard InChI is InChI=1S/C22H19FN4O4S3/c1-12-3-8-20(33-12)34(30,31)26-22(29)25-14-5-7-18(17(23)10-14)27-11-19(32)16-9-13(24-2)4-6-15(16)21(27)28/h3-11,24,32H,1-2H3,(H2,25,26,29). The highest BCUT2D eigenvalue weighted by Gasteiger charge is 2.20. The second-order valence-corrected chi connectivity index (χ2v) is 11.0. The number of hydrogen-bond acceptors (Lipinski definition) is 7. The van der Waals surface area contributed by atoms with Gasteiger partial charge in [0.1, 0.15) is 10.0 Å². The van der Waals surface area contributed by atoms with Gasteiger partial charge in [0.2, 0.25) is 0 Å². The molecule has 0 spiro atoms. The number of thiol groups is 1. The van der Waals surface area contributed by atoms with Gasteiger partial charge in [-0.05, 0) is 55.5 Å². The Morgan fingerprint density at radius 1 is 1.06 bits per heavy atom. The van der Waals surface area contributed by atoms with Crippen LogP contribution in [0.5, 0.6) is 0 Å². The molecule has 3 N–H and O–H groups in total. The lowest BCUT2D eigenvalue weighted by Crippen LogP contribution is -2.34. The lowest BCUT2D eigenvalue weighted by atomic mass is 10.1. The number of aryl methyl sites for hydroxylation is 1. The van der Waals surface area contributed by atoms with Gasteiger partial charge in [-0.2, -0.15) is 0 Å². The lowest BCUT2D eigenvalue weighted by molar-refractivity contribution is 0.256. The van der Waals surface area contributed by atoms with Gasteiger partial charge >= 0.3 is 6.03 Å². The summed E-state index contributed by atoms with van der Waals surface area (Å²) in [6, 6.07) is 10.8. The summed E-state index contributed by atoms with van der Waals surface area (Å²) in [7, 11) is -2.30. The Balaban J connectivity index is 1.60. The number of aromatic nitrogens is 1. The molecule has 176 valence electrons. The van der Waals surface area contributed by atoms with Gasteiger partial charge in [-0.25, -0.2) is 22.3 Å². The summed E-state index contributed by atoms with van der Waals surface area (Å²) in [5.74, 6) is -0.796. The molecule has 0 saturated carbocycles. The van der Waals surface area contributed by atoms with Crippen molar-refractivity contribution in [1.82, 2.24) is 9.29 Å². The Kier molecular flexibility index (Phi) is 6.39. The van der Waals surface area contributed by atoms with Gasteiger partial charge in [0, 0.05) is 45.2 Å². The molecule has 2 amide bonds. The summed E-state index contributed by atoms with van der Waals surface area (Å²) in [4.78, 5) is 26.4. The van der Waals surface area contributed by atoms with E-state index in [-0.39, 0.29) is 15.6 Å². The van der Waals surface area contributed by atoms with E-state index in [4.69, 9.17) is 0 Å².